The highest BCUT2D eigenvalue weighted by atomic mass is 15.3. The van der Waals surface area contributed by atoms with Crippen LogP contribution in [0.3, 0.4) is 0 Å². The second-order valence-electron chi connectivity index (χ2n) is 14.6. The molecule has 0 fully saturated rings. The van der Waals surface area contributed by atoms with Gasteiger partial charge in [-0.25, -0.2) is 0 Å². The van der Waals surface area contributed by atoms with E-state index in [1.165, 1.54) is 61.4 Å². The predicted octanol–water partition coefficient (Wildman–Crippen LogP) is 10.6. The van der Waals surface area contributed by atoms with Gasteiger partial charge in [0.15, 0.2) is 0 Å². The number of para-hydroxylation sites is 3. The molecule has 0 radical (unpaired) electrons. The molecule has 2 aliphatic heterocycles. The van der Waals surface area contributed by atoms with Crippen molar-refractivity contribution < 1.29 is 0 Å². The summed E-state index contributed by atoms with van der Waals surface area (Å²) in [4.78, 5) is 5.33. The van der Waals surface area contributed by atoms with Crippen LogP contribution < -0.4 is 9.80 Å². The van der Waals surface area contributed by atoms with Crippen molar-refractivity contribution >= 4 is 33.2 Å². The third kappa shape index (κ3) is 3.59. The standard InChI is InChI=1S/C45H39N3/c1-30-27-42-35(29-41(30)47-40-23-9-6-20-37(40)44(2)25-12-11-24-43(44)47)36-19-10-13-26-45(36,3)48(42)32-16-14-15-31(28-32)46-38-21-7-4-17-33(38)34-18-5-8-22-39(34)46/h4-26,28-30,36,43H,27H2,1-3H3. The van der Waals surface area contributed by atoms with Gasteiger partial charge >= 0.3 is 0 Å². The molecule has 234 valence electrons. The first-order chi connectivity index (χ1) is 23.5. The number of benzene rings is 4. The second kappa shape index (κ2) is 9.87. The summed E-state index contributed by atoms with van der Waals surface area (Å²) in [5, 5.41) is 2.58. The highest BCUT2D eigenvalue weighted by Gasteiger charge is 2.52. The Morgan fingerprint density at radius 2 is 1.38 bits per heavy atom. The molecule has 3 heterocycles. The average molecular weight is 622 g/mol. The van der Waals surface area contributed by atoms with Crippen LogP contribution in [0.4, 0.5) is 11.4 Å². The van der Waals surface area contributed by atoms with Gasteiger partial charge in [0.05, 0.1) is 22.6 Å². The van der Waals surface area contributed by atoms with Crippen LogP contribution in [0, 0.1) is 11.8 Å². The molecule has 1 aromatic heterocycles. The maximum absolute atomic E-state index is 2.67. The Morgan fingerprint density at radius 1 is 0.688 bits per heavy atom. The van der Waals surface area contributed by atoms with Crippen LogP contribution in [0.25, 0.3) is 27.5 Å². The largest absolute Gasteiger partial charge is 0.336 e. The predicted molar refractivity (Wildman–Crippen MR) is 201 cm³/mol. The molecule has 4 aromatic carbocycles. The molecule has 0 saturated heterocycles. The molecule has 48 heavy (non-hydrogen) atoms. The van der Waals surface area contributed by atoms with Gasteiger partial charge in [0.25, 0.3) is 0 Å². The van der Waals surface area contributed by atoms with Crippen molar-refractivity contribution in [2.45, 2.75) is 44.2 Å². The first kappa shape index (κ1) is 27.8. The van der Waals surface area contributed by atoms with Crippen molar-refractivity contribution in [1.29, 1.82) is 0 Å². The van der Waals surface area contributed by atoms with E-state index in [1.807, 2.05) is 0 Å². The van der Waals surface area contributed by atoms with Crippen molar-refractivity contribution in [3.8, 4) is 5.69 Å². The zero-order valence-corrected chi connectivity index (χ0v) is 27.7. The van der Waals surface area contributed by atoms with E-state index in [0.29, 0.717) is 5.92 Å². The molecule has 5 aromatic rings. The highest BCUT2D eigenvalue weighted by molar-refractivity contribution is 6.09. The van der Waals surface area contributed by atoms with E-state index in [2.05, 4.69) is 187 Å². The Morgan fingerprint density at radius 3 is 2.19 bits per heavy atom. The normalized spacial score (nSPS) is 28.2. The lowest BCUT2D eigenvalue weighted by Crippen LogP contribution is -2.45. The van der Waals surface area contributed by atoms with Crippen molar-refractivity contribution in [1.82, 2.24) is 4.57 Å². The summed E-state index contributed by atoms with van der Waals surface area (Å²) < 4.78 is 2.44. The number of anilines is 2. The van der Waals surface area contributed by atoms with E-state index in [4.69, 9.17) is 0 Å². The average Bonchev–Trinajstić information content (AvgIpc) is 3.68. The monoisotopic (exact) mass is 621 g/mol. The number of hydrogen-bond donors (Lipinski definition) is 0. The molecular formula is C45H39N3. The van der Waals surface area contributed by atoms with Gasteiger partial charge in [-0.3, -0.25) is 0 Å². The van der Waals surface area contributed by atoms with Crippen LogP contribution in [-0.2, 0) is 5.41 Å². The fourth-order valence-corrected chi connectivity index (χ4v) is 9.66. The molecule has 5 aliphatic rings. The van der Waals surface area contributed by atoms with Crippen molar-refractivity contribution in [3.63, 3.8) is 0 Å². The Bertz CT molecular complexity index is 2310. The van der Waals surface area contributed by atoms with E-state index < -0.39 is 0 Å². The number of hydrogen-bond acceptors (Lipinski definition) is 2. The van der Waals surface area contributed by atoms with Crippen LogP contribution in [0.5, 0.6) is 0 Å². The first-order valence-corrected chi connectivity index (χ1v) is 17.4. The fourth-order valence-electron chi connectivity index (χ4n) is 9.66. The third-order valence-electron chi connectivity index (χ3n) is 11.9. The minimum Gasteiger partial charge on any atom is -0.336 e. The lowest BCUT2D eigenvalue weighted by molar-refractivity contribution is 0.492. The Labute approximate surface area is 282 Å². The zero-order valence-electron chi connectivity index (χ0n) is 27.7. The van der Waals surface area contributed by atoms with E-state index >= 15 is 0 Å². The Kier molecular flexibility index (Phi) is 5.72. The van der Waals surface area contributed by atoms with Crippen LogP contribution in [0.15, 0.2) is 169 Å². The lowest BCUT2D eigenvalue weighted by atomic mass is 9.75. The van der Waals surface area contributed by atoms with Gasteiger partial charge < -0.3 is 14.4 Å². The smallest absolute Gasteiger partial charge is 0.0709 e. The summed E-state index contributed by atoms with van der Waals surface area (Å²) >= 11 is 0. The lowest BCUT2D eigenvalue weighted by Gasteiger charge is -2.42. The molecule has 3 aliphatic carbocycles. The number of aromatic nitrogens is 1. The minimum atomic E-state index is -0.199. The molecule has 0 spiro atoms. The Hall–Kier alpha value is -5.28. The number of allylic oxidation sites excluding steroid dienone is 7. The summed E-state index contributed by atoms with van der Waals surface area (Å²) in [6.45, 7) is 7.26. The van der Waals surface area contributed by atoms with Gasteiger partial charge in [-0.15, -0.1) is 0 Å². The van der Waals surface area contributed by atoms with Gasteiger partial charge in [-0.05, 0) is 73.9 Å². The minimum absolute atomic E-state index is 0.0441. The van der Waals surface area contributed by atoms with E-state index in [-0.39, 0.29) is 22.9 Å². The summed E-state index contributed by atoms with van der Waals surface area (Å²) in [6.07, 6.45) is 22.2. The van der Waals surface area contributed by atoms with Crippen molar-refractivity contribution in [2.24, 2.45) is 11.8 Å². The van der Waals surface area contributed by atoms with Gasteiger partial charge in [-0.2, -0.15) is 0 Å². The summed E-state index contributed by atoms with van der Waals surface area (Å²) in [7, 11) is 0. The number of nitrogens with zero attached hydrogens (tertiary/aromatic N) is 3. The van der Waals surface area contributed by atoms with Crippen LogP contribution in [-0.4, -0.2) is 16.1 Å². The molecule has 5 atom stereocenters. The van der Waals surface area contributed by atoms with Gasteiger partial charge in [0.1, 0.15) is 0 Å². The van der Waals surface area contributed by atoms with Gasteiger partial charge in [-0.1, -0.05) is 116 Å². The van der Waals surface area contributed by atoms with Gasteiger partial charge in [0.2, 0.25) is 0 Å². The molecule has 10 rings (SSSR count). The SMILES string of the molecule is CC1CC2=C(C=C1N1c3ccccc3C3(C)C=CC=CC13)C1C=CC=CC1(C)N2c1cccc(-n2c3ccccc3c3ccccc32)c1. The highest BCUT2D eigenvalue weighted by Crippen LogP contribution is 2.56. The Balaban J connectivity index is 1.14. The molecule has 3 heteroatoms. The topological polar surface area (TPSA) is 11.4 Å². The van der Waals surface area contributed by atoms with Crippen LogP contribution in [0.1, 0.15) is 32.8 Å². The molecule has 5 unspecified atom stereocenters. The van der Waals surface area contributed by atoms with Crippen LogP contribution in [0.2, 0.25) is 0 Å². The zero-order chi connectivity index (χ0) is 32.2. The molecule has 0 bridgehead atoms. The number of fused-ring (bicyclic) bond motifs is 8. The van der Waals surface area contributed by atoms with E-state index in [0.717, 1.165) is 6.42 Å². The molecule has 3 nitrogen and oxygen atoms in total. The molecule has 0 amide bonds. The molecule has 0 N–H and O–H groups in total. The van der Waals surface area contributed by atoms with Crippen LogP contribution >= 0.6 is 0 Å². The second-order valence-corrected chi connectivity index (χ2v) is 14.6. The maximum atomic E-state index is 2.67. The fraction of sp³-hybridized carbons (Fsp3) is 0.200. The van der Waals surface area contributed by atoms with Crippen molar-refractivity contribution in [2.75, 3.05) is 9.80 Å². The number of rotatable bonds is 3. The van der Waals surface area contributed by atoms with Crippen molar-refractivity contribution in [3.05, 3.63) is 174 Å². The third-order valence-corrected chi connectivity index (χ3v) is 11.9. The first-order valence-electron chi connectivity index (χ1n) is 17.4. The van der Waals surface area contributed by atoms with E-state index in [1.54, 1.807) is 0 Å². The quantitative estimate of drug-likeness (QED) is 0.199. The summed E-state index contributed by atoms with van der Waals surface area (Å²) in [5.41, 5.74) is 11.8. The summed E-state index contributed by atoms with van der Waals surface area (Å²) in [6, 6.07) is 36.1. The molecular weight excluding hydrogens is 583 g/mol. The molecule has 0 saturated carbocycles. The summed E-state index contributed by atoms with van der Waals surface area (Å²) in [5.74, 6) is 0.626. The van der Waals surface area contributed by atoms with E-state index in [9.17, 15) is 0 Å². The van der Waals surface area contributed by atoms with Gasteiger partial charge in [0, 0.05) is 56.5 Å². The maximum Gasteiger partial charge on any atom is 0.0709 e.